The lowest BCUT2D eigenvalue weighted by molar-refractivity contribution is -0.140. The fourth-order valence-corrected chi connectivity index (χ4v) is 4.82. The van der Waals surface area contributed by atoms with Gasteiger partial charge in [0, 0.05) is 45.6 Å². The number of carbonyl (C=O) groups excluding carboxylic acids is 2. The monoisotopic (exact) mass is 532 g/mol. The molecule has 0 saturated carbocycles. The van der Waals surface area contributed by atoms with Crippen LogP contribution < -0.4 is 10.5 Å². The highest BCUT2D eigenvalue weighted by Crippen LogP contribution is 2.42. The fourth-order valence-electron chi connectivity index (χ4n) is 4.82. The maximum Gasteiger partial charge on any atom is 0.423 e. The number of halogens is 3. The quantitative estimate of drug-likeness (QED) is 0.518. The van der Waals surface area contributed by atoms with Gasteiger partial charge in [-0.15, -0.1) is 0 Å². The molecule has 1 aromatic heterocycles. The Morgan fingerprint density at radius 3 is 2.42 bits per heavy atom. The van der Waals surface area contributed by atoms with Gasteiger partial charge < -0.3 is 19.4 Å². The van der Waals surface area contributed by atoms with Crippen molar-refractivity contribution in [2.75, 3.05) is 44.3 Å². The van der Waals surface area contributed by atoms with Gasteiger partial charge in [0.25, 0.3) is 5.56 Å². The number of carbonyl (C=O) groups is 2. The third-order valence-electron chi connectivity index (χ3n) is 6.73. The topological polar surface area (TPSA) is 123 Å². The Kier molecular flexibility index (Phi) is 8.31. The molecule has 10 nitrogen and oxygen atoms in total. The SMILES string of the molecule is N#CCCC(=O)N1CCN(C(=O)CCOC[C@H]2c3ccccc3CN2c2cn[nH]c(=O)c2C(F)(F)F)CC1. The normalized spacial score (nSPS) is 17.3. The number of nitriles is 1. The zero-order chi connectivity index (χ0) is 27.3. The van der Waals surface area contributed by atoms with Gasteiger partial charge in [-0.05, 0) is 11.1 Å². The van der Waals surface area contributed by atoms with E-state index in [1.807, 2.05) is 17.2 Å². The van der Waals surface area contributed by atoms with E-state index in [9.17, 15) is 27.6 Å². The van der Waals surface area contributed by atoms with Gasteiger partial charge in [-0.2, -0.15) is 23.5 Å². The summed E-state index contributed by atoms with van der Waals surface area (Å²) in [6.07, 6.45) is -3.47. The number of aromatic amines is 1. The van der Waals surface area contributed by atoms with Crippen LogP contribution in [0.4, 0.5) is 18.9 Å². The molecule has 202 valence electrons. The molecule has 1 fully saturated rings. The van der Waals surface area contributed by atoms with Crippen molar-refractivity contribution in [3.8, 4) is 6.07 Å². The Morgan fingerprint density at radius 1 is 1.11 bits per heavy atom. The van der Waals surface area contributed by atoms with Crippen molar-refractivity contribution in [3.63, 3.8) is 0 Å². The van der Waals surface area contributed by atoms with Gasteiger partial charge in [-0.25, -0.2) is 5.10 Å². The molecule has 1 atom stereocenters. The molecule has 0 aliphatic carbocycles. The summed E-state index contributed by atoms with van der Waals surface area (Å²) in [5.41, 5.74) is -1.37. The first-order valence-corrected chi connectivity index (χ1v) is 12.2. The first-order valence-electron chi connectivity index (χ1n) is 12.2. The largest absolute Gasteiger partial charge is 0.423 e. The van der Waals surface area contributed by atoms with E-state index >= 15 is 0 Å². The number of piperazine rings is 1. The standard InChI is InChI=1S/C25H27F3N6O4/c26-25(27,28)23-19(14-30-31-24(23)37)34-15-17-4-1-2-5-18(17)20(34)16-38-13-7-22(36)33-11-9-32(10-12-33)21(35)6-3-8-29/h1-2,4-5,14,20H,3,6-7,9-13,15-16H2,(H,31,37)/t20-/m0/s1. The molecule has 3 heterocycles. The molecule has 0 radical (unpaired) electrons. The molecular weight excluding hydrogens is 505 g/mol. The summed E-state index contributed by atoms with van der Waals surface area (Å²) in [7, 11) is 0. The lowest BCUT2D eigenvalue weighted by atomic mass is 10.1. The van der Waals surface area contributed by atoms with E-state index in [0.717, 1.165) is 17.3 Å². The van der Waals surface area contributed by atoms with Crippen LogP contribution in [0.2, 0.25) is 0 Å². The van der Waals surface area contributed by atoms with Gasteiger partial charge in [-0.3, -0.25) is 14.4 Å². The number of fused-ring (bicyclic) bond motifs is 1. The molecule has 38 heavy (non-hydrogen) atoms. The van der Waals surface area contributed by atoms with Crippen LogP contribution in [0.5, 0.6) is 0 Å². The van der Waals surface area contributed by atoms with E-state index in [4.69, 9.17) is 10.00 Å². The number of nitrogens with one attached hydrogen (secondary N) is 1. The summed E-state index contributed by atoms with van der Waals surface area (Å²) in [5.74, 6) is -0.247. The number of amides is 2. The summed E-state index contributed by atoms with van der Waals surface area (Å²) in [6.45, 7) is 1.79. The lowest BCUT2D eigenvalue weighted by Gasteiger charge is -2.35. The van der Waals surface area contributed by atoms with Crippen LogP contribution in [-0.4, -0.2) is 71.2 Å². The Hall–Kier alpha value is -3.92. The zero-order valence-corrected chi connectivity index (χ0v) is 20.5. The van der Waals surface area contributed by atoms with Gasteiger partial charge >= 0.3 is 6.18 Å². The minimum atomic E-state index is -4.87. The lowest BCUT2D eigenvalue weighted by Crippen LogP contribution is -2.50. The minimum Gasteiger partial charge on any atom is -0.378 e. The van der Waals surface area contributed by atoms with E-state index < -0.39 is 23.3 Å². The molecule has 1 aromatic carbocycles. The number of hydrogen-bond acceptors (Lipinski definition) is 7. The maximum atomic E-state index is 13.7. The number of ether oxygens (including phenoxy) is 1. The summed E-state index contributed by atoms with van der Waals surface area (Å²) in [4.78, 5) is 41.5. The van der Waals surface area contributed by atoms with E-state index in [1.165, 1.54) is 4.90 Å². The molecule has 13 heteroatoms. The predicted octanol–water partition coefficient (Wildman–Crippen LogP) is 2.23. The number of H-pyrrole nitrogens is 1. The highest BCUT2D eigenvalue weighted by molar-refractivity contribution is 5.78. The van der Waals surface area contributed by atoms with Crippen LogP contribution >= 0.6 is 0 Å². The second kappa shape index (κ2) is 11.6. The molecule has 2 aliphatic rings. The Balaban J connectivity index is 1.36. The Bertz CT molecular complexity index is 1270. The van der Waals surface area contributed by atoms with Gasteiger partial charge in [-0.1, -0.05) is 24.3 Å². The Labute approximate surface area is 216 Å². The summed E-state index contributed by atoms with van der Waals surface area (Å²) in [5, 5.41) is 14.1. The van der Waals surface area contributed by atoms with E-state index in [2.05, 4.69) is 5.10 Å². The number of aromatic nitrogens is 2. The zero-order valence-electron chi connectivity index (χ0n) is 20.5. The summed E-state index contributed by atoms with van der Waals surface area (Å²) in [6, 6.07) is 8.53. The summed E-state index contributed by atoms with van der Waals surface area (Å²) < 4.78 is 47.0. The fraction of sp³-hybridized carbons (Fsp3) is 0.480. The second-order valence-electron chi connectivity index (χ2n) is 9.04. The van der Waals surface area contributed by atoms with E-state index in [1.54, 1.807) is 28.0 Å². The minimum absolute atomic E-state index is 0.00949. The molecule has 2 amide bonds. The Morgan fingerprint density at radius 2 is 1.76 bits per heavy atom. The number of nitrogens with zero attached hydrogens (tertiary/aromatic N) is 5. The van der Waals surface area contributed by atoms with Gasteiger partial charge in [0.1, 0.15) is 5.56 Å². The third kappa shape index (κ3) is 5.96. The van der Waals surface area contributed by atoms with Gasteiger partial charge in [0.15, 0.2) is 0 Å². The molecule has 1 N–H and O–H groups in total. The van der Waals surface area contributed by atoms with Gasteiger partial charge in [0.05, 0.1) is 43.6 Å². The third-order valence-corrected chi connectivity index (χ3v) is 6.73. The van der Waals surface area contributed by atoms with Crippen molar-refractivity contribution >= 4 is 17.5 Å². The highest BCUT2D eigenvalue weighted by Gasteiger charge is 2.41. The van der Waals surface area contributed by atoms with Crippen LogP contribution in [0.15, 0.2) is 35.3 Å². The van der Waals surface area contributed by atoms with Crippen LogP contribution in [-0.2, 0) is 27.0 Å². The number of alkyl halides is 3. The molecule has 0 bridgehead atoms. The molecule has 2 aromatic rings. The smallest absolute Gasteiger partial charge is 0.378 e. The average Bonchev–Trinajstić information content (AvgIpc) is 3.27. The first kappa shape index (κ1) is 27.1. The first-order chi connectivity index (χ1) is 18.2. The average molecular weight is 533 g/mol. The molecule has 1 saturated heterocycles. The number of anilines is 1. The molecule has 4 rings (SSSR count). The molecule has 2 aliphatic heterocycles. The van der Waals surface area contributed by atoms with Crippen molar-refractivity contribution in [2.24, 2.45) is 0 Å². The van der Waals surface area contributed by atoms with Crippen molar-refractivity contribution in [3.05, 3.63) is 57.5 Å². The number of hydrogen-bond donors (Lipinski definition) is 1. The predicted molar refractivity (Wildman–Crippen MR) is 129 cm³/mol. The molecular formula is C25H27F3N6O4. The van der Waals surface area contributed by atoms with Crippen LogP contribution in [0, 0.1) is 11.3 Å². The summed E-state index contributed by atoms with van der Waals surface area (Å²) >= 11 is 0. The van der Waals surface area contributed by atoms with Crippen LogP contribution in [0.1, 0.15) is 42.0 Å². The highest BCUT2D eigenvalue weighted by atomic mass is 19.4. The molecule has 0 unspecified atom stereocenters. The number of rotatable bonds is 8. The van der Waals surface area contributed by atoms with Crippen LogP contribution in [0.25, 0.3) is 0 Å². The van der Waals surface area contributed by atoms with Crippen LogP contribution in [0.3, 0.4) is 0 Å². The van der Waals surface area contributed by atoms with Crippen molar-refractivity contribution in [2.45, 2.75) is 38.0 Å². The second-order valence-corrected chi connectivity index (χ2v) is 9.04. The van der Waals surface area contributed by atoms with Gasteiger partial charge in [0.2, 0.25) is 11.8 Å². The van der Waals surface area contributed by atoms with E-state index in [0.29, 0.717) is 26.2 Å². The van der Waals surface area contributed by atoms with E-state index in [-0.39, 0.29) is 56.5 Å². The van der Waals surface area contributed by atoms with Crippen molar-refractivity contribution in [1.82, 2.24) is 20.0 Å². The maximum absolute atomic E-state index is 13.7. The number of benzene rings is 1. The van der Waals surface area contributed by atoms with Crippen molar-refractivity contribution in [1.29, 1.82) is 5.26 Å². The molecule has 0 spiro atoms. The van der Waals surface area contributed by atoms with Crippen molar-refractivity contribution < 1.29 is 27.5 Å².